The van der Waals surface area contributed by atoms with Crippen LogP contribution in [-0.4, -0.2) is 12.6 Å². The topological polar surface area (TPSA) is 26.3 Å². The molecule has 2 heteroatoms. The molecule has 0 N–H and O–H groups in total. The van der Waals surface area contributed by atoms with E-state index < -0.39 is 0 Å². The predicted octanol–water partition coefficient (Wildman–Crippen LogP) is 15.9. The third-order valence-corrected chi connectivity index (χ3v) is 9.90. The highest BCUT2D eigenvalue weighted by Crippen LogP contribution is 2.16. The number of carbonyl (C=O) groups is 1. The number of carbonyl (C=O) groups excluding carboxylic acids is 1. The van der Waals surface area contributed by atoms with Crippen LogP contribution < -0.4 is 0 Å². The Morgan fingerprint density at radius 1 is 0.348 bits per heavy atom. The maximum atomic E-state index is 12.0. The maximum absolute atomic E-state index is 12.0. The monoisotopic (exact) mass is 647 g/mol. The van der Waals surface area contributed by atoms with Gasteiger partial charge in [0, 0.05) is 6.42 Å². The average Bonchev–Trinajstić information content (AvgIpc) is 3.06. The first-order valence-electron chi connectivity index (χ1n) is 21.6. The largest absolute Gasteiger partial charge is 0.466 e. The standard InChI is InChI=1S/C44H86O2/c1-3-5-7-9-11-13-15-17-19-21-23-25-27-29-31-33-35-37-39-41-43-46-44(45)42-40-38-36-34-32-30-28-26-24-22-20-18-16-14-12-10-8-6-4-2/h17,19H,3-16,18,20-43H2,1-2H3/b19-17+. The van der Waals surface area contributed by atoms with E-state index in [1.54, 1.807) is 0 Å². The smallest absolute Gasteiger partial charge is 0.305 e. The summed E-state index contributed by atoms with van der Waals surface area (Å²) in [5, 5.41) is 0. The van der Waals surface area contributed by atoms with Crippen molar-refractivity contribution in [3.05, 3.63) is 12.2 Å². The third kappa shape index (κ3) is 41.2. The summed E-state index contributed by atoms with van der Waals surface area (Å²) in [5.41, 5.74) is 0. The van der Waals surface area contributed by atoms with Crippen LogP contribution in [0.25, 0.3) is 0 Å². The molecule has 274 valence electrons. The molecule has 0 aliphatic carbocycles. The molecule has 2 nitrogen and oxygen atoms in total. The van der Waals surface area contributed by atoms with Crippen LogP contribution in [0.15, 0.2) is 12.2 Å². The molecule has 0 saturated carbocycles. The second-order valence-electron chi connectivity index (χ2n) is 14.7. The number of allylic oxidation sites excluding steroid dienone is 2. The van der Waals surface area contributed by atoms with E-state index >= 15 is 0 Å². The van der Waals surface area contributed by atoms with E-state index in [4.69, 9.17) is 4.74 Å². The van der Waals surface area contributed by atoms with Crippen LogP contribution in [0.1, 0.15) is 258 Å². The van der Waals surface area contributed by atoms with Gasteiger partial charge in [0.05, 0.1) is 6.61 Å². The van der Waals surface area contributed by atoms with Gasteiger partial charge < -0.3 is 4.74 Å². The molecular weight excluding hydrogens is 560 g/mol. The summed E-state index contributed by atoms with van der Waals surface area (Å²) in [6, 6.07) is 0. The Labute approximate surface area is 291 Å². The molecule has 0 aromatic carbocycles. The van der Waals surface area contributed by atoms with Gasteiger partial charge in [-0.25, -0.2) is 0 Å². The summed E-state index contributed by atoms with van der Waals surface area (Å²) in [4.78, 5) is 12.0. The van der Waals surface area contributed by atoms with Gasteiger partial charge in [-0.2, -0.15) is 0 Å². The van der Waals surface area contributed by atoms with Crippen molar-refractivity contribution in [1.82, 2.24) is 0 Å². The fraction of sp³-hybridized carbons (Fsp3) is 0.932. The maximum Gasteiger partial charge on any atom is 0.305 e. The zero-order valence-electron chi connectivity index (χ0n) is 32.0. The van der Waals surface area contributed by atoms with E-state index in [1.165, 1.54) is 225 Å². The summed E-state index contributed by atoms with van der Waals surface area (Å²) in [6.07, 6.45) is 56.0. The molecule has 0 saturated heterocycles. The summed E-state index contributed by atoms with van der Waals surface area (Å²) in [6.45, 7) is 5.22. The van der Waals surface area contributed by atoms with Crippen molar-refractivity contribution in [1.29, 1.82) is 0 Å². The Bertz CT molecular complexity index is 582. The summed E-state index contributed by atoms with van der Waals surface area (Å²) < 4.78 is 5.47. The normalized spacial score (nSPS) is 11.6. The molecule has 0 heterocycles. The minimum Gasteiger partial charge on any atom is -0.466 e. The average molecular weight is 647 g/mol. The fourth-order valence-corrected chi connectivity index (χ4v) is 6.66. The van der Waals surface area contributed by atoms with Crippen LogP contribution in [-0.2, 0) is 9.53 Å². The van der Waals surface area contributed by atoms with E-state index in [9.17, 15) is 4.79 Å². The molecule has 0 aliphatic heterocycles. The first-order valence-corrected chi connectivity index (χ1v) is 21.6. The van der Waals surface area contributed by atoms with Crippen LogP contribution >= 0.6 is 0 Å². The van der Waals surface area contributed by atoms with Gasteiger partial charge >= 0.3 is 5.97 Å². The van der Waals surface area contributed by atoms with Crippen molar-refractivity contribution in [3.8, 4) is 0 Å². The molecule has 0 aromatic heterocycles. The second-order valence-corrected chi connectivity index (χ2v) is 14.7. The van der Waals surface area contributed by atoms with Crippen molar-refractivity contribution >= 4 is 5.97 Å². The van der Waals surface area contributed by atoms with Gasteiger partial charge in [-0.1, -0.05) is 225 Å². The highest BCUT2D eigenvalue weighted by atomic mass is 16.5. The second kappa shape index (κ2) is 42.2. The van der Waals surface area contributed by atoms with Crippen molar-refractivity contribution < 1.29 is 9.53 Å². The lowest BCUT2D eigenvalue weighted by molar-refractivity contribution is -0.143. The van der Waals surface area contributed by atoms with Gasteiger partial charge in [-0.3, -0.25) is 4.79 Å². The Hall–Kier alpha value is -0.790. The van der Waals surface area contributed by atoms with Crippen molar-refractivity contribution in [3.63, 3.8) is 0 Å². The van der Waals surface area contributed by atoms with Crippen molar-refractivity contribution in [2.75, 3.05) is 6.61 Å². The lowest BCUT2D eigenvalue weighted by Gasteiger charge is -2.06. The molecule has 0 fully saturated rings. The van der Waals surface area contributed by atoms with Gasteiger partial charge in [-0.15, -0.1) is 0 Å². The zero-order valence-corrected chi connectivity index (χ0v) is 32.0. The quantitative estimate of drug-likeness (QED) is 0.0376. The van der Waals surface area contributed by atoms with Crippen LogP contribution in [0.3, 0.4) is 0 Å². The lowest BCUT2D eigenvalue weighted by Crippen LogP contribution is -2.05. The zero-order chi connectivity index (χ0) is 33.3. The number of hydrogen-bond donors (Lipinski definition) is 0. The molecule has 0 rings (SSSR count). The molecule has 0 bridgehead atoms. The van der Waals surface area contributed by atoms with Crippen LogP contribution in [0.4, 0.5) is 0 Å². The van der Waals surface area contributed by atoms with E-state index in [0.717, 1.165) is 12.8 Å². The number of unbranched alkanes of at least 4 members (excludes halogenated alkanes) is 34. The first-order chi connectivity index (χ1) is 22.8. The minimum atomic E-state index is 0.0280. The molecule has 0 atom stereocenters. The molecule has 0 aromatic rings. The van der Waals surface area contributed by atoms with Gasteiger partial charge in [0.25, 0.3) is 0 Å². The number of hydrogen-bond acceptors (Lipinski definition) is 2. The molecular formula is C44H86O2. The Balaban J connectivity index is 3.17. The predicted molar refractivity (Wildman–Crippen MR) is 207 cm³/mol. The SMILES string of the molecule is CCCCCCCC/C=C/CCCCCCCCCCCCOC(=O)CCCCCCCCCCCCCCCCCCCCC. The summed E-state index contributed by atoms with van der Waals surface area (Å²) in [5.74, 6) is 0.0280. The number of esters is 1. The van der Waals surface area contributed by atoms with Crippen molar-refractivity contribution in [2.45, 2.75) is 258 Å². The third-order valence-electron chi connectivity index (χ3n) is 9.90. The highest BCUT2D eigenvalue weighted by Gasteiger charge is 2.03. The van der Waals surface area contributed by atoms with E-state index in [2.05, 4.69) is 26.0 Å². The Kier molecular flexibility index (Phi) is 41.5. The van der Waals surface area contributed by atoms with Gasteiger partial charge in [-0.05, 0) is 38.5 Å². The molecule has 46 heavy (non-hydrogen) atoms. The Morgan fingerprint density at radius 2 is 0.609 bits per heavy atom. The van der Waals surface area contributed by atoms with Gasteiger partial charge in [0.1, 0.15) is 0 Å². The number of rotatable bonds is 40. The minimum absolute atomic E-state index is 0.0280. The summed E-state index contributed by atoms with van der Waals surface area (Å²) in [7, 11) is 0. The summed E-state index contributed by atoms with van der Waals surface area (Å²) >= 11 is 0. The molecule has 0 spiro atoms. The highest BCUT2D eigenvalue weighted by molar-refractivity contribution is 5.69. The van der Waals surface area contributed by atoms with Gasteiger partial charge in [0.15, 0.2) is 0 Å². The fourth-order valence-electron chi connectivity index (χ4n) is 6.66. The van der Waals surface area contributed by atoms with Crippen LogP contribution in [0, 0.1) is 0 Å². The van der Waals surface area contributed by atoms with E-state index in [-0.39, 0.29) is 5.97 Å². The van der Waals surface area contributed by atoms with Gasteiger partial charge in [0.2, 0.25) is 0 Å². The molecule has 0 unspecified atom stereocenters. The first kappa shape index (κ1) is 45.2. The van der Waals surface area contributed by atoms with E-state index in [0.29, 0.717) is 13.0 Å². The number of ether oxygens (including phenoxy) is 1. The molecule has 0 radical (unpaired) electrons. The van der Waals surface area contributed by atoms with Crippen molar-refractivity contribution in [2.24, 2.45) is 0 Å². The lowest BCUT2D eigenvalue weighted by atomic mass is 10.0. The molecule has 0 amide bonds. The van der Waals surface area contributed by atoms with E-state index in [1.807, 2.05) is 0 Å². The van der Waals surface area contributed by atoms with Crippen LogP contribution in [0.2, 0.25) is 0 Å². The molecule has 0 aliphatic rings. The van der Waals surface area contributed by atoms with Crippen LogP contribution in [0.5, 0.6) is 0 Å². The Morgan fingerprint density at radius 3 is 0.935 bits per heavy atom.